The van der Waals surface area contributed by atoms with Gasteiger partial charge in [0.15, 0.2) is 0 Å². The van der Waals surface area contributed by atoms with Gasteiger partial charge in [-0.15, -0.1) is 0 Å². The van der Waals surface area contributed by atoms with Crippen LogP contribution >= 0.6 is 0 Å². The van der Waals surface area contributed by atoms with Crippen molar-refractivity contribution in [1.82, 2.24) is 5.32 Å². The number of hydrogen-bond acceptors (Lipinski definition) is 1. The topological polar surface area (TPSA) is 12.0 Å². The van der Waals surface area contributed by atoms with Gasteiger partial charge in [0.2, 0.25) is 0 Å². The summed E-state index contributed by atoms with van der Waals surface area (Å²) in [6.45, 7) is 5.88. The highest BCUT2D eigenvalue weighted by Crippen LogP contribution is 2.29. The first-order chi connectivity index (χ1) is 12.9. The Hall–Kier alpha value is -0.0400. The van der Waals surface area contributed by atoms with Crippen molar-refractivity contribution in [3.63, 3.8) is 0 Å². The van der Waals surface area contributed by atoms with Crippen LogP contribution in [0.1, 0.15) is 142 Å². The Morgan fingerprint density at radius 1 is 0.577 bits per heavy atom. The molecule has 2 unspecified atom stereocenters. The standard InChI is InChI=1S/C25H51N/c1-3-5-7-9-11-13-15-19-23-26-25-22-18-17-21-24(25)20-16-14-12-10-8-6-4-2/h24-26H,3-23H2,1-2H3. The number of rotatable bonds is 18. The molecule has 0 radical (unpaired) electrons. The summed E-state index contributed by atoms with van der Waals surface area (Å²) in [6.07, 6.45) is 29.0. The van der Waals surface area contributed by atoms with Crippen molar-refractivity contribution in [2.24, 2.45) is 5.92 Å². The lowest BCUT2D eigenvalue weighted by Crippen LogP contribution is -2.39. The lowest BCUT2D eigenvalue weighted by atomic mass is 9.81. The lowest BCUT2D eigenvalue weighted by molar-refractivity contribution is 0.242. The first-order valence-electron chi connectivity index (χ1n) is 12.6. The summed E-state index contributed by atoms with van der Waals surface area (Å²) in [4.78, 5) is 0. The number of nitrogens with one attached hydrogen (secondary N) is 1. The van der Waals surface area contributed by atoms with Gasteiger partial charge in [-0.25, -0.2) is 0 Å². The highest BCUT2D eigenvalue weighted by Gasteiger charge is 2.23. The smallest absolute Gasteiger partial charge is 0.00953 e. The molecule has 0 amide bonds. The normalized spacial score (nSPS) is 20.5. The van der Waals surface area contributed by atoms with Crippen molar-refractivity contribution in [1.29, 1.82) is 0 Å². The van der Waals surface area contributed by atoms with Crippen LogP contribution in [-0.2, 0) is 0 Å². The van der Waals surface area contributed by atoms with E-state index in [1.54, 1.807) is 0 Å². The van der Waals surface area contributed by atoms with E-state index in [0.29, 0.717) is 0 Å². The van der Waals surface area contributed by atoms with E-state index >= 15 is 0 Å². The van der Waals surface area contributed by atoms with E-state index in [1.165, 1.54) is 135 Å². The van der Waals surface area contributed by atoms with Gasteiger partial charge in [0.25, 0.3) is 0 Å². The number of unbranched alkanes of at least 4 members (excludes halogenated alkanes) is 13. The first-order valence-corrected chi connectivity index (χ1v) is 12.6. The highest BCUT2D eigenvalue weighted by molar-refractivity contribution is 4.81. The van der Waals surface area contributed by atoms with Crippen LogP contribution in [0.25, 0.3) is 0 Å². The van der Waals surface area contributed by atoms with Crippen molar-refractivity contribution >= 4 is 0 Å². The molecule has 1 N–H and O–H groups in total. The van der Waals surface area contributed by atoms with Gasteiger partial charge in [-0.1, -0.05) is 117 Å². The molecule has 1 fully saturated rings. The summed E-state index contributed by atoms with van der Waals surface area (Å²) in [7, 11) is 0. The zero-order chi connectivity index (χ0) is 18.7. The van der Waals surface area contributed by atoms with Crippen LogP contribution < -0.4 is 5.32 Å². The average molecular weight is 366 g/mol. The van der Waals surface area contributed by atoms with Gasteiger partial charge >= 0.3 is 0 Å². The van der Waals surface area contributed by atoms with Crippen LogP contribution in [0.15, 0.2) is 0 Å². The molecule has 1 saturated carbocycles. The molecule has 0 heterocycles. The third kappa shape index (κ3) is 13.2. The van der Waals surface area contributed by atoms with Crippen molar-refractivity contribution in [2.75, 3.05) is 6.54 Å². The van der Waals surface area contributed by atoms with Crippen molar-refractivity contribution in [3.8, 4) is 0 Å². The summed E-state index contributed by atoms with van der Waals surface area (Å²) in [6, 6.07) is 0.841. The lowest BCUT2D eigenvalue weighted by Gasteiger charge is -2.32. The minimum Gasteiger partial charge on any atom is -0.314 e. The predicted octanol–water partition coefficient (Wildman–Crippen LogP) is 8.42. The fourth-order valence-corrected chi connectivity index (χ4v) is 4.73. The predicted molar refractivity (Wildman–Crippen MR) is 119 cm³/mol. The molecule has 0 bridgehead atoms. The Kier molecular flexibility index (Phi) is 16.9. The third-order valence-corrected chi connectivity index (χ3v) is 6.52. The third-order valence-electron chi connectivity index (χ3n) is 6.52. The molecule has 1 aliphatic carbocycles. The van der Waals surface area contributed by atoms with Gasteiger partial charge in [-0.2, -0.15) is 0 Å². The second-order valence-corrected chi connectivity index (χ2v) is 8.99. The molecule has 0 saturated heterocycles. The van der Waals surface area contributed by atoms with Crippen LogP contribution in [0, 0.1) is 5.92 Å². The summed E-state index contributed by atoms with van der Waals surface area (Å²) >= 11 is 0. The van der Waals surface area contributed by atoms with Crippen LogP contribution in [0.3, 0.4) is 0 Å². The number of hydrogen-bond donors (Lipinski definition) is 1. The fourth-order valence-electron chi connectivity index (χ4n) is 4.73. The molecule has 1 heteroatoms. The van der Waals surface area contributed by atoms with Crippen molar-refractivity contribution in [3.05, 3.63) is 0 Å². The quantitative estimate of drug-likeness (QED) is 0.240. The van der Waals surface area contributed by atoms with Crippen molar-refractivity contribution < 1.29 is 0 Å². The molecular weight excluding hydrogens is 314 g/mol. The second-order valence-electron chi connectivity index (χ2n) is 8.99. The Morgan fingerprint density at radius 2 is 1.08 bits per heavy atom. The van der Waals surface area contributed by atoms with E-state index in [2.05, 4.69) is 19.2 Å². The molecule has 0 aromatic rings. The highest BCUT2D eigenvalue weighted by atomic mass is 14.9. The zero-order valence-corrected chi connectivity index (χ0v) is 18.5. The van der Waals surface area contributed by atoms with Crippen LogP contribution in [0.5, 0.6) is 0 Å². The van der Waals surface area contributed by atoms with E-state index in [4.69, 9.17) is 0 Å². The summed E-state index contributed by atoms with van der Waals surface area (Å²) < 4.78 is 0. The second kappa shape index (κ2) is 18.3. The maximum absolute atomic E-state index is 3.95. The molecule has 2 atom stereocenters. The van der Waals surface area contributed by atoms with E-state index in [9.17, 15) is 0 Å². The van der Waals surface area contributed by atoms with E-state index in [0.717, 1.165) is 12.0 Å². The average Bonchev–Trinajstić information content (AvgIpc) is 2.67. The first kappa shape index (κ1) is 24.0. The summed E-state index contributed by atoms with van der Waals surface area (Å²) in [5.74, 6) is 0.980. The molecule has 0 aliphatic heterocycles. The van der Waals surface area contributed by atoms with Crippen LogP contribution in [-0.4, -0.2) is 12.6 Å². The zero-order valence-electron chi connectivity index (χ0n) is 18.5. The molecule has 0 spiro atoms. The van der Waals surface area contributed by atoms with Crippen LogP contribution in [0.2, 0.25) is 0 Å². The maximum atomic E-state index is 3.95. The van der Waals surface area contributed by atoms with Gasteiger partial charge in [0.05, 0.1) is 0 Å². The molecule has 1 aliphatic rings. The minimum absolute atomic E-state index is 0.841. The Morgan fingerprint density at radius 3 is 1.69 bits per heavy atom. The SMILES string of the molecule is CCCCCCCCCCNC1CCCCC1CCCCCCCCC. The summed E-state index contributed by atoms with van der Waals surface area (Å²) in [5.41, 5.74) is 0. The Labute approximate surface area is 166 Å². The molecule has 0 aromatic carbocycles. The molecular formula is C25H51N. The molecule has 1 nitrogen and oxygen atoms in total. The molecule has 1 rings (SSSR count). The van der Waals surface area contributed by atoms with Crippen molar-refractivity contribution in [2.45, 2.75) is 148 Å². The molecule has 26 heavy (non-hydrogen) atoms. The van der Waals surface area contributed by atoms with Gasteiger partial charge in [-0.05, 0) is 38.1 Å². The van der Waals surface area contributed by atoms with E-state index < -0.39 is 0 Å². The summed E-state index contributed by atoms with van der Waals surface area (Å²) in [5, 5.41) is 3.95. The molecule has 0 aromatic heterocycles. The fraction of sp³-hybridized carbons (Fsp3) is 1.00. The van der Waals surface area contributed by atoms with Gasteiger partial charge in [0, 0.05) is 6.04 Å². The largest absolute Gasteiger partial charge is 0.314 e. The monoisotopic (exact) mass is 365 g/mol. The van der Waals surface area contributed by atoms with E-state index in [1.807, 2.05) is 0 Å². The Bertz CT molecular complexity index is 275. The van der Waals surface area contributed by atoms with Gasteiger partial charge in [-0.3, -0.25) is 0 Å². The minimum atomic E-state index is 0.841. The van der Waals surface area contributed by atoms with Gasteiger partial charge < -0.3 is 5.32 Å². The van der Waals surface area contributed by atoms with Gasteiger partial charge in [0.1, 0.15) is 0 Å². The Balaban J connectivity index is 1.99. The van der Waals surface area contributed by atoms with E-state index in [-0.39, 0.29) is 0 Å². The molecule has 156 valence electrons. The van der Waals surface area contributed by atoms with Crippen LogP contribution in [0.4, 0.5) is 0 Å². The maximum Gasteiger partial charge on any atom is 0.00953 e.